The van der Waals surface area contributed by atoms with Crippen LogP contribution in [0.3, 0.4) is 0 Å². The van der Waals surface area contributed by atoms with Crippen LogP contribution >= 0.6 is 37.2 Å². The molecule has 0 atom stereocenters. The normalized spacial score (nSPS) is 0. The monoisotopic (exact) mass is 444 g/mol. The summed E-state index contributed by atoms with van der Waals surface area (Å²) in [6, 6.07) is 0. The van der Waals surface area contributed by atoms with E-state index in [0.29, 0.717) is 0 Å². The Morgan fingerprint density at radius 1 is 0.118 bits per heavy atom. The zero-order valence-corrected chi connectivity index (χ0v) is 3.67. The molecule has 0 saturated carbocycles. The summed E-state index contributed by atoms with van der Waals surface area (Å²) in [5, 5.41) is 0. The van der Waals surface area contributed by atoms with Crippen molar-refractivity contribution < 1.29 is 0 Å². The molecule has 0 aliphatic heterocycles. The van der Waals surface area contributed by atoms with Crippen molar-refractivity contribution in [3.05, 3.63) is 0 Å². The van der Waals surface area contributed by atoms with Crippen LogP contribution in [0.1, 0.15) is 0 Å². The van der Waals surface area contributed by atoms with Gasteiger partial charge in [-0.3, -0.25) is 0 Å². The Bertz CT molecular complexity index is 11.4. The molecule has 0 amide bonds. The predicted octanol–water partition coefficient (Wildman–Crippen LogP) is -7.81. The molecule has 52 valence electrons. The predicted molar refractivity (Wildman–Crippen MR) is 122 cm³/mol. The molecule has 0 aromatic heterocycles. The van der Waals surface area contributed by atoms with Gasteiger partial charge in [-0.05, 0) is 0 Å². The molecule has 0 aliphatic carbocycles. The second-order valence-electron chi connectivity index (χ2n) is 0. The molecular weight excluding hydrogens is 428 g/mol. The molecule has 17 heavy (non-hydrogen) atoms. The van der Waals surface area contributed by atoms with Gasteiger partial charge in [0.25, 0.3) is 0 Å². The Kier molecular flexibility index (Phi) is 1010. The van der Waals surface area contributed by atoms with Crippen LogP contribution in [0.2, 0.25) is 0 Å². The van der Waals surface area contributed by atoms with Crippen molar-refractivity contribution in [3.8, 4) is 0 Å². The van der Waals surface area contributed by atoms with E-state index in [1.165, 1.54) is 0 Å². The minimum absolute atomic E-state index is 0. The molecular formula is H17Cl3Na14. The average Bonchev–Trinajstić information content (AvgIpc) is 0. The van der Waals surface area contributed by atoms with E-state index in [1.54, 1.807) is 0 Å². The fraction of sp³-hybridized carbons (Fsp3) is 0. The van der Waals surface area contributed by atoms with Crippen molar-refractivity contribution in [2.24, 2.45) is 0 Å². The molecule has 0 rings (SSSR count). The van der Waals surface area contributed by atoms with Gasteiger partial charge in [0.05, 0.1) is 0 Å². The Morgan fingerprint density at radius 3 is 0.118 bits per heavy atom. The zero-order valence-electron chi connectivity index (χ0n) is 1.22. The maximum atomic E-state index is 0. The van der Waals surface area contributed by atoms with Gasteiger partial charge in [-0.2, -0.15) is 0 Å². The van der Waals surface area contributed by atoms with Gasteiger partial charge in [0.1, 0.15) is 0 Å². The Balaban J connectivity index is 0. The molecule has 0 N–H and O–H groups in total. The molecule has 0 bridgehead atoms. The van der Waals surface area contributed by atoms with Crippen molar-refractivity contribution in [3.63, 3.8) is 0 Å². The number of hydrogen-bond acceptors (Lipinski definition) is 0. The maximum absolute atomic E-state index is 0. The molecule has 0 nitrogen and oxygen atoms in total. The van der Waals surface area contributed by atoms with E-state index >= 15 is 0 Å². The van der Waals surface area contributed by atoms with E-state index in [0.717, 1.165) is 0 Å². The van der Waals surface area contributed by atoms with Crippen LogP contribution in [0.4, 0.5) is 0 Å². The van der Waals surface area contributed by atoms with E-state index < -0.39 is 0 Å². The third-order valence-corrected chi connectivity index (χ3v) is 0. The van der Waals surface area contributed by atoms with Gasteiger partial charge < -0.3 is 0 Å². The van der Waals surface area contributed by atoms with Crippen LogP contribution in [0.15, 0.2) is 0 Å². The van der Waals surface area contributed by atoms with Gasteiger partial charge in [-0.25, -0.2) is 0 Å². The quantitative estimate of drug-likeness (QED) is 0.325. The summed E-state index contributed by atoms with van der Waals surface area (Å²) in [6.07, 6.45) is 0. The summed E-state index contributed by atoms with van der Waals surface area (Å²) in [5.74, 6) is 0. The SMILES string of the molecule is Cl.Cl.Cl.[NaH].[NaH].[NaH].[NaH].[NaH].[NaH].[NaH].[NaH].[NaH].[NaH].[NaH].[NaH].[NaH].[NaH]. The average molecular weight is 445 g/mol. The summed E-state index contributed by atoms with van der Waals surface area (Å²) in [4.78, 5) is 0. The standard InChI is InChI=1S/3ClH.14Na.14H/h3*1H;;;;;;;;;;;;;;;;;;;;;;;;;;;;. The summed E-state index contributed by atoms with van der Waals surface area (Å²) in [7, 11) is 0. The Morgan fingerprint density at radius 2 is 0.118 bits per heavy atom. The number of rotatable bonds is 0. The van der Waals surface area contributed by atoms with Crippen LogP contribution in [-0.4, -0.2) is 414 Å². The molecule has 0 aliphatic rings. The fourth-order valence-electron chi connectivity index (χ4n) is 0. The zero-order chi connectivity index (χ0) is 0. The molecule has 0 fully saturated rings. The van der Waals surface area contributed by atoms with Gasteiger partial charge in [0.15, 0.2) is 0 Å². The molecule has 0 heterocycles. The molecule has 17 heteroatoms. The van der Waals surface area contributed by atoms with Gasteiger partial charge in [0.2, 0.25) is 0 Å². The molecule has 0 saturated heterocycles. The van der Waals surface area contributed by atoms with Crippen molar-refractivity contribution in [1.82, 2.24) is 0 Å². The van der Waals surface area contributed by atoms with E-state index in [-0.39, 0.29) is 451 Å². The molecule has 0 spiro atoms. The summed E-state index contributed by atoms with van der Waals surface area (Å²) < 4.78 is 0. The summed E-state index contributed by atoms with van der Waals surface area (Å²) in [5.41, 5.74) is 0. The van der Waals surface area contributed by atoms with Crippen molar-refractivity contribution in [2.75, 3.05) is 0 Å². The molecule has 0 radical (unpaired) electrons. The number of halogens is 3. The van der Waals surface area contributed by atoms with Crippen LogP contribution < -0.4 is 0 Å². The second-order valence-corrected chi connectivity index (χ2v) is 0. The van der Waals surface area contributed by atoms with E-state index in [1.807, 2.05) is 0 Å². The van der Waals surface area contributed by atoms with Gasteiger partial charge >= 0.3 is 414 Å². The molecule has 0 unspecified atom stereocenters. The first-order valence-electron chi connectivity index (χ1n) is 0. The first-order chi connectivity index (χ1) is 0. The van der Waals surface area contributed by atoms with Gasteiger partial charge in [-0.1, -0.05) is 0 Å². The molecule has 0 aromatic carbocycles. The van der Waals surface area contributed by atoms with Gasteiger partial charge in [0, 0.05) is 0 Å². The summed E-state index contributed by atoms with van der Waals surface area (Å²) >= 11 is 0. The van der Waals surface area contributed by atoms with Crippen LogP contribution in [0, 0.1) is 0 Å². The first kappa shape index (κ1) is 137. The third-order valence-electron chi connectivity index (χ3n) is 0. The second kappa shape index (κ2) is 125. The topological polar surface area (TPSA) is 0 Å². The van der Waals surface area contributed by atoms with E-state index in [2.05, 4.69) is 0 Å². The van der Waals surface area contributed by atoms with Crippen LogP contribution in [0.25, 0.3) is 0 Å². The third kappa shape index (κ3) is 116. The van der Waals surface area contributed by atoms with Crippen LogP contribution in [-0.2, 0) is 0 Å². The van der Waals surface area contributed by atoms with Gasteiger partial charge in [-0.15, -0.1) is 37.2 Å². The van der Waals surface area contributed by atoms with E-state index in [9.17, 15) is 0 Å². The summed E-state index contributed by atoms with van der Waals surface area (Å²) in [6.45, 7) is 0. The van der Waals surface area contributed by atoms with Crippen molar-refractivity contribution in [2.45, 2.75) is 0 Å². The minimum atomic E-state index is 0. The van der Waals surface area contributed by atoms with Crippen molar-refractivity contribution >= 4 is 451 Å². The van der Waals surface area contributed by atoms with E-state index in [4.69, 9.17) is 0 Å². The number of hydrogen-bond donors (Lipinski definition) is 0. The van der Waals surface area contributed by atoms with Crippen molar-refractivity contribution in [1.29, 1.82) is 0 Å². The Hall–Kier alpha value is 14.9. The molecule has 0 aromatic rings. The van der Waals surface area contributed by atoms with Crippen LogP contribution in [0.5, 0.6) is 0 Å². The Labute approximate surface area is 436 Å². The fourth-order valence-corrected chi connectivity index (χ4v) is 0. The first-order valence-corrected chi connectivity index (χ1v) is 0.